The van der Waals surface area contributed by atoms with Crippen LogP contribution in [0.5, 0.6) is 0 Å². The van der Waals surface area contributed by atoms with Crippen LogP contribution < -0.4 is 4.90 Å². The minimum Gasteiger partial charge on any atom is -0.456 e. The van der Waals surface area contributed by atoms with Gasteiger partial charge in [-0.25, -0.2) is 0 Å². The number of halogens is 1. The van der Waals surface area contributed by atoms with Crippen LogP contribution in [0.15, 0.2) is 142 Å². The second-order valence-electron chi connectivity index (χ2n) is 11.5. The van der Waals surface area contributed by atoms with Gasteiger partial charge in [0.15, 0.2) is 0 Å². The number of hydrogen-bond acceptors (Lipinski definition) is 2. The highest BCUT2D eigenvalue weighted by Crippen LogP contribution is 2.54. The van der Waals surface area contributed by atoms with Crippen LogP contribution in [0.4, 0.5) is 17.1 Å². The van der Waals surface area contributed by atoms with Crippen molar-refractivity contribution in [2.45, 2.75) is 19.3 Å². The highest BCUT2D eigenvalue weighted by Gasteiger charge is 2.37. The van der Waals surface area contributed by atoms with E-state index in [4.69, 9.17) is 4.42 Å². The summed E-state index contributed by atoms with van der Waals surface area (Å²) in [4.78, 5) is 2.41. The van der Waals surface area contributed by atoms with Crippen LogP contribution in [0, 0.1) is 0 Å². The van der Waals surface area contributed by atoms with E-state index < -0.39 is 0 Å². The molecule has 1 aliphatic carbocycles. The van der Waals surface area contributed by atoms with Crippen molar-refractivity contribution in [3.63, 3.8) is 0 Å². The predicted octanol–water partition coefficient (Wildman–Crippen LogP) is 11.8. The minimum absolute atomic E-state index is 0.0805. The molecule has 7 aromatic rings. The molecule has 8 rings (SSSR count). The van der Waals surface area contributed by atoms with Gasteiger partial charge >= 0.3 is 0 Å². The van der Waals surface area contributed by atoms with Crippen molar-refractivity contribution in [2.24, 2.45) is 0 Å². The van der Waals surface area contributed by atoms with Crippen LogP contribution in [0.3, 0.4) is 0 Å². The van der Waals surface area contributed by atoms with Crippen molar-refractivity contribution in [3.05, 3.63) is 149 Å². The third-order valence-electron chi connectivity index (χ3n) is 8.73. The van der Waals surface area contributed by atoms with E-state index in [0.717, 1.165) is 37.8 Å². The van der Waals surface area contributed by atoms with Gasteiger partial charge in [0.1, 0.15) is 11.2 Å². The van der Waals surface area contributed by atoms with Gasteiger partial charge in [0.25, 0.3) is 0 Å². The first-order chi connectivity index (χ1) is 20.5. The molecular weight excluding hydrogens is 578 g/mol. The summed E-state index contributed by atoms with van der Waals surface area (Å²) in [6.45, 7) is 4.67. The summed E-state index contributed by atoms with van der Waals surface area (Å²) in [5.41, 5.74) is 12.8. The fourth-order valence-electron chi connectivity index (χ4n) is 6.66. The Morgan fingerprint density at radius 3 is 2.12 bits per heavy atom. The molecule has 0 bridgehead atoms. The lowest BCUT2D eigenvalue weighted by molar-refractivity contribution is 0.660. The molecule has 2 nitrogen and oxygen atoms in total. The lowest BCUT2D eigenvalue weighted by atomic mass is 9.82. The topological polar surface area (TPSA) is 16.4 Å². The molecule has 0 aliphatic heterocycles. The monoisotopic (exact) mass is 605 g/mol. The summed E-state index contributed by atoms with van der Waals surface area (Å²) < 4.78 is 7.25. The van der Waals surface area contributed by atoms with Crippen molar-refractivity contribution >= 4 is 54.9 Å². The molecule has 6 aromatic carbocycles. The quantitative estimate of drug-likeness (QED) is 0.198. The van der Waals surface area contributed by atoms with Crippen molar-refractivity contribution in [1.29, 1.82) is 0 Å². The first-order valence-corrected chi connectivity index (χ1v) is 15.1. The molecule has 3 heteroatoms. The van der Waals surface area contributed by atoms with Gasteiger partial charge in [-0.3, -0.25) is 0 Å². The molecule has 0 spiro atoms. The summed E-state index contributed by atoms with van der Waals surface area (Å²) in [6.07, 6.45) is 0. The fraction of sp³-hybridized carbons (Fsp3) is 0.0769. The van der Waals surface area contributed by atoms with Gasteiger partial charge in [-0.15, -0.1) is 0 Å². The zero-order valence-corrected chi connectivity index (χ0v) is 25.0. The first kappa shape index (κ1) is 25.1. The van der Waals surface area contributed by atoms with Crippen molar-refractivity contribution < 1.29 is 4.42 Å². The summed E-state index contributed by atoms with van der Waals surface area (Å²) in [6, 6.07) is 47.9. The summed E-state index contributed by atoms with van der Waals surface area (Å²) >= 11 is 3.59. The lowest BCUT2D eigenvalue weighted by Crippen LogP contribution is -2.16. The van der Waals surface area contributed by atoms with Gasteiger partial charge in [-0.1, -0.05) is 109 Å². The normalized spacial score (nSPS) is 13.3. The van der Waals surface area contributed by atoms with Gasteiger partial charge in [0, 0.05) is 37.6 Å². The SMILES string of the molecule is CC1(C)c2ccccc2-c2c(N(c3ccc(-c4ccccc4)cc3)c3ccc4oc5cc(Br)ccc5c4c3)cccc21. The maximum Gasteiger partial charge on any atom is 0.136 e. The van der Waals surface area contributed by atoms with E-state index >= 15 is 0 Å². The number of furan rings is 1. The molecular formula is C39H28BrNO. The molecule has 0 saturated heterocycles. The number of benzene rings is 6. The van der Waals surface area contributed by atoms with Gasteiger partial charge in [-0.05, 0) is 82.4 Å². The summed E-state index contributed by atoms with van der Waals surface area (Å²) in [5, 5.41) is 2.22. The molecule has 0 radical (unpaired) electrons. The second-order valence-corrected chi connectivity index (χ2v) is 12.5. The van der Waals surface area contributed by atoms with Crippen LogP contribution >= 0.6 is 15.9 Å². The second kappa shape index (κ2) is 9.47. The van der Waals surface area contributed by atoms with E-state index in [0.29, 0.717) is 0 Å². The molecule has 42 heavy (non-hydrogen) atoms. The molecule has 1 aromatic heterocycles. The molecule has 0 atom stereocenters. The maximum absolute atomic E-state index is 6.24. The molecule has 0 unspecified atom stereocenters. The Balaban J connectivity index is 1.37. The average Bonchev–Trinajstić information content (AvgIpc) is 3.50. The Labute approximate surface area is 254 Å². The molecule has 0 N–H and O–H groups in total. The molecule has 202 valence electrons. The van der Waals surface area contributed by atoms with Crippen LogP contribution in [-0.2, 0) is 5.41 Å². The molecule has 0 fully saturated rings. The van der Waals surface area contributed by atoms with E-state index in [2.05, 4.69) is 162 Å². The highest BCUT2D eigenvalue weighted by atomic mass is 79.9. The number of nitrogens with zero attached hydrogens (tertiary/aromatic N) is 1. The Kier molecular flexibility index (Phi) is 5.67. The van der Waals surface area contributed by atoms with Crippen LogP contribution in [-0.4, -0.2) is 0 Å². The van der Waals surface area contributed by atoms with Crippen molar-refractivity contribution in [3.8, 4) is 22.3 Å². The van der Waals surface area contributed by atoms with E-state index in [1.54, 1.807) is 0 Å². The van der Waals surface area contributed by atoms with Gasteiger partial charge in [0.2, 0.25) is 0 Å². The van der Waals surface area contributed by atoms with Gasteiger partial charge in [0.05, 0.1) is 5.69 Å². The first-order valence-electron chi connectivity index (χ1n) is 14.3. The van der Waals surface area contributed by atoms with Crippen LogP contribution in [0.25, 0.3) is 44.2 Å². The lowest BCUT2D eigenvalue weighted by Gasteiger charge is -2.29. The van der Waals surface area contributed by atoms with E-state index in [-0.39, 0.29) is 5.41 Å². The fourth-order valence-corrected chi connectivity index (χ4v) is 7.00. The van der Waals surface area contributed by atoms with E-state index in [9.17, 15) is 0 Å². The molecule has 1 aliphatic rings. The smallest absolute Gasteiger partial charge is 0.136 e. The minimum atomic E-state index is -0.0805. The standard InChI is InChI=1S/C39H28BrNO/c1-39(2)33-12-7-6-11-31(33)38-34(39)13-8-14-35(38)41(28-18-15-26(16-19-28)25-9-4-3-5-10-25)29-20-22-36-32(24-29)30-21-17-27(40)23-37(30)42-36/h3-24H,1-2H3. The Morgan fingerprint density at radius 2 is 1.29 bits per heavy atom. The zero-order valence-electron chi connectivity index (χ0n) is 23.4. The number of fused-ring (bicyclic) bond motifs is 6. The third kappa shape index (κ3) is 3.84. The Morgan fingerprint density at radius 1 is 0.571 bits per heavy atom. The third-order valence-corrected chi connectivity index (χ3v) is 9.23. The summed E-state index contributed by atoms with van der Waals surface area (Å²) in [7, 11) is 0. The zero-order chi connectivity index (χ0) is 28.4. The largest absolute Gasteiger partial charge is 0.456 e. The number of hydrogen-bond donors (Lipinski definition) is 0. The van der Waals surface area contributed by atoms with Crippen molar-refractivity contribution in [2.75, 3.05) is 4.90 Å². The average molecular weight is 607 g/mol. The summed E-state index contributed by atoms with van der Waals surface area (Å²) in [5.74, 6) is 0. The Hall–Kier alpha value is -4.60. The Bertz CT molecular complexity index is 2120. The predicted molar refractivity (Wildman–Crippen MR) is 179 cm³/mol. The molecule has 0 amide bonds. The maximum atomic E-state index is 6.24. The van der Waals surface area contributed by atoms with E-state index in [1.807, 2.05) is 6.07 Å². The number of anilines is 3. The van der Waals surface area contributed by atoms with Crippen LogP contribution in [0.2, 0.25) is 0 Å². The number of rotatable bonds is 4. The van der Waals surface area contributed by atoms with Gasteiger partial charge in [-0.2, -0.15) is 0 Å². The van der Waals surface area contributed by atoms with E-state index in [1.165, 1.54) is 39.1 Å². The molecule has 1 heterocycles. The molecule has 0 saturated carbocycles. The van der Waals surface area contributed by atoms with Crippen LogP contribution in [0.1, 0.15) is 25.0 Å². The van der Waals surface area contributed by atoms with Gasteiger partial charge < -0.3 is 9.32 Å². The van der Waals surface area contributed by atoms with Crippen molar-refractivity contribution in [1.82, 2.24) is 0 Å². The highest BCUT2D eigenvalue weighted by molar-refractivity contribution is 9.10.